The number of amidine groups is 1. The van der Waals surface area contributed by atoms with E-state index < -0.39 is 5.72 Å². The number of ether oxygens (including phenoxy) is 1. The molecule has 0 spiro atoms. The van der Waals surface area contributed by atoms with Gasteiger partial charge in [-0.1, -0.05) is 27.2 Å². The maximum atomic E-state index is 13.7. The van der Waals surface area contributed by atoms with Crippen molar-refractivity contribution in [2.75, 3.05) is 20.3 Å². The summed E-state index contributed by atoms with van der Waals surface area (Å²) < 4.78 is 21.8. The standard InChI is InChI=1S/C25H24BrFN4O3/c1-16-13-30(15-28-16)22-8-5-17(11-23(22)33-2)10-18-4-3-9-31-24(18)29-34-25(31,14-32)20-7-6-19(27)12-21(20)26/h5-8,10-13,15,32H,3-4,9,14H2,1-2H3/b18-10+. The molecule has 0 saturated carbocycles. The molecule has 1 N–H and O–H groups in total. The van der Waals surface area contributed by atoms with E-state index in [0.717, 1.165) is 41.1 Å². The van der Waals surface area contributed by atoms with E-state index in [2.05, 4.69) is 32.1 Å². The third-order valence-electron chi connectivity index (χ3n) is 6.19. The number of nitrogens with zero attached hydrogens (tertiary/aromatic N) is 4. The van der Waals surface area contributed by atoms with Gasteiger partial charge in [0, 0.05) is 22.8 Å². The van der Waals surface area contributed by atoms with Crippen LogP contribution in [0.1, 0.15) is 29.7 Å². The highest BCUT2D eigenvalue weighted by atomic mass is 79.9. The zero-order chi connectivity index (χ0) is 23.9. The molecular weight excluding hydrogens is 503 g/mol. The highest BCUT2D eigenvalue weighted by Gasteiger charge is 2.50. The van der Waals surface area contributed by atoms with Crippen LogP contribution in [0.2, 0.25) is 0 Å². The zero-order valence-electron chi connectivity index (χ0n) is 18.8. The first-order chi connectivity index (χ1) is 16.4. The third-order valence-corrected chi connectivity index (χ3v) is 6.85. The van der Waals surface area contributed by atoms with E-state index >= 15 is 0 Å². The van der Waals surface area contributed by atoms with Crippen LogP contribution in [-0.4, -0.2) is 45.7 Å². The molecule has 3 aromatic rings. The fourth-order valence-corrected chi connectivity index (χ4v) is 5.20. The number of imidazole rings is 1. The SMILES string of the molecule is COc1cc(/C=C2\CCCN3C2=NOC3(CO)c2ccc(F)cc2Br)ccc1-n1cnc(C)c1. The number of piperidine rings is 1. The Bertz CT molecular complexity index is 1310. The van der Waals surface area contributed by atoms with Crippen molar-refractivity contribution in [1.82, 2.24) is 14.5 Å². The molecule has 0 aliphatic carbocycles. The van der Waals surface area contributed by atoms with Gasteiger partial charge in [-0.3, -0.25) is 0 Å². The molecule has 1 saturated heterocycles. The topological polar surface area (TPSA) is 72.1 Å². The van der Waals surface area contributed by atoms with Crippen molar-refractivity contribution in [2.24, 2.45) is 5.16 Å². The van der Waals surface area contributed by atoms with E-state index in [0.29, 0.717) is 22.4 Å². The van der Waals surface area contributed by atoms with E-state index in [1.165, 1.54) is 12.1 Å². The fraction of sp³-hybridized carbons (Fsp3) is 0.280. The Morgan fingerprint density at radius 3 is 2.85 bits per heavy atom. The molecule has 9 heteroatoms. The quantitative estimate of drug-likeness (QED) is 0.518. The van der Waals surface area contributed by atoms with Gasteiger partial charge in [0.15, 0.2) is 5.84 Å². The van der Waals surface area contributed by atoms with Gasteiger partial charge in [0.05, 0.1) is 24.8 Å². The maximum Gasteiger partial charge on any atom is 0.261 e. The Morgan fingerprint density at radius 2 is 2.15 bits per heavy atom. The molecule has 2 aliphatic rings. The number of aromatic nitrogens is 2. The number of hydrogen-bond acceptors (Lipinski definition) is 6. The molecular formula is C25H24BrFN4O3. The monoisotopic (exact) mass is 526 g/mol. The number of oxime groups is 1. The van der Waals surface area contributed by atoms with Crippen molar-refractivity contribution in [1.29, 1.82) is 0 Å². The maximum absolute atomic E-state index is 13.7. The number of rotatable bonds is 5. The number of methoxy groups -OCH3 is 1. The van der Waals surface area contributed by atoms with Crippen molar-refractivity contribution < 1.29 is 19.1 Å². The largest absolute Gasteiger partial charge is 0.495 e. The number of aliphatic hydroxyl groups is 1. The van der Waals surface area contributed by atoms with Gasteiger partial charge in [-0.05, 0) is 67.3 Å². The lowest BCUT2D eigenvalue weighted by molar-refractivity contribution is -0.137. The van der Waals surface area contributed by atoms with Gasteiger partial charge in [-0.15, -0.1) is 0 Å². The number of hydrogen-bond donors (Lipinski definition) is 1. The first-order valence-electron chi connectivity index (χ1n) is 11.0. The van der Waals surface area contributed by atoms with Crippen LogP contribution in [0.15, 0.2) is 64.1 Å². The van der Waals surface area contributed by atoms with E-state index in [9.17, 15) is 9.50 Å². The van der Waals surface area contributed by atoms with Crippen molar-refractivity contribution in [3.05, 3.63) is 81.6 Å². The molecule has 1 unspecified atom stereocenters. The molecule has 1 fully saturated rings. The van der Waals surface area contributed by atoms with Gasteiger partial charge in [0.1, 0.15) is 18.2 Å². The Balaban J connectivity index is 1.49. The van der Waals surface area contributed by atoms with Crippen LogP contribution in [-0.2, 0) is 10.6 Å². The van der Waals surface area contributed by atoms with Crippen LogP contribution < -0.4 is 4.74 Å². The zero-order valence-corrected chi connectivity index (χ0v) is 20.4. The highest BCUT2D eigenvalue weighted by molar-refractivity contribution is 9.10. The smallest absolute Gasteiger partial charge is 0.261 e. The highest BCUT2D eigenvalue weighted by Crippen LogP contribution is 2.43. The van der Waals surface area contributed by atoms with Gasteiger partial charge >= 0.3 is 0 Å². The summed E-state index contributed by atoms with van der Waals surface area (Å²) in [6.07, 6.45) is 7.44. The summed E-state index contributed by atoms with van der Waals surface area (Å²) in [5.74, 6) is 1.03. The van der Waals surface area contributed by atoms with Crippen LogP contribution in [0.3, 0.4) is 0 Å². The molecule has 34 heavy (non-hydrogen) atoms. The number of fused-ring (bicyclic) bond motifs is 1. The fourth-order valence-electron chi connectivity index (χ4n) is 4.53. The Labute approximate surface area is 205 Å². The van der Waals surface area contributed by atoms with Crippen LogP contribution in [0, 0.1) is 12.7 Å². The predicted octanol–water partition coefficient (Wildman–Crippen LogP) is 4.76. The molecule has 0 radical (unpaired) electrons. The predicted molar refractivity (Wildman–Crippen MR) is 130 cm³/mol. The van der Waals surface area contributed by atoms with Crippen molar-refractivity contribution in [3.8, 4) is 11.4 Å². The first-order valence-corrected chi connectivity index (χ1v) is 11.7. The molecule has 2 aliphatic heterocycles. The van der Waals surface area contributed by atoms with Gasteiger partial charge in [0.25, 0.3) is 5.72 Å². The number of aryl methyl sites for hydroxylation is 1. The molecule has 0 amide bonds. The van der Waals surface area contributed by atoms with Gasteiger partial charge in [-0.2, -0.15) is 0 Å². The minimum atomic E-state index is -1.21. The van der Waals surface area contributed by atoms with Crippen LogP contribution in [0.4, 0.5) is 4.39 Å². The Hall–Kier alpha value is -3.17. The molecule has 1 aromatic heterocycles. The number of aliphatic hydroxyl groups excluding tert-OH is 1. The molecule has 7 nitrogen and oxygen atoms in total. The molecule has 2 aromatic carbocycles. The lowest BCUT2D eigenvalue weighted by Gasteiger charge is -2.39. The summed E-state index contributed by atoms with van der Waals surface area (Å²) in [6.45, 7) is 2.27. The van der Waals surface area contributed by atoms with E-state index in [1.54, 1.807) is 19.5 Å². The van der Waals surface area contributed by atoms with Gasteiger partial charge in [-0.25, -0.2) is 9.37 Å². The first kappa shape index (κ1) is 22.6. The minimum Gasteiger partial charge on any atom is -0.495 e. The Morgan fingerprint density at radius 1 is 1.29 bits per heavy atom. The number of benzene rings is 2. The summed E-state index contributed by atoms with van der Waals surface area (Å²) >= 11 is 3.42. The minimum absolute atomic E-state index is 0.329. The molecule has 5 rings (SSSR count). The van der Waals surface area contributed by atoms with E-state index in [4.69, 9.17) is 9.57 Å². The summed E-state index contributed by atoms with van der Waals surface area (Å²) in [5, 5.41) is 14.8. The molecule has 0 bridgehead atoms. The lowest BCUT2D eigenvalue weighted by Crippen LogP contribution is -2.51. The van der Waals surface area contributed by atoms with Crippen LogP contribution in [0.5, 0.6) is 5.75 Å². The van der Waals surface area contributed by atoms with E-state index in [-0.39, 0.29) is 12.4 Å². The lowest BCUT2D eigenvalue weighted by atomic mass is 9.94. The summed E-state index contributed by atoms with van der Waals surface area (Å²) in [5.41, 5.74) is 3.20. The van der Waals surface area contributed by atoms with Crippen molar-refractivity contribution in [3.63, 3.8) is 0 Å². The second-order valence-electron chi connectivity index (χ2n) is 8.35. The molecule has 176 valence electrons. The molecule has 1 atom stereocenters. The number of halogens is 2. The second kappa shape index (κ2) is 8.88. The molecule has 3 heterocycles. The van der Waals surface area contributed by atoms with Crippen LogP contribution >= 0.6 is 15.9 Å². The summed E-state index contributed by atoms with van der Waals surface area (Å²) in [6, 6.07) is 10.3. The van der Waals surface area contributed by atoms with Crippen molar-refractivity contribution >= 4 is 27.8 Å². The summed E-state index contributed by atoms with van der Waals surface area (Å²) in [7, 11) is 1.65. The van der Waals surface area contributed by atoms with Crippen LogP contribution in [0.25, 0.3) is 11.8 Å². The average Bonchev–Trinajstić information content (AvgIpc) is 3.44. The normalized spacial score (nSPS) is 20.8. The summed E-state index contributed by atoms with van der Waals surface area (Å²) in [4.78, 5) is 12.1. The third kappa shape index (κ3) is 3.78. The van der Waals surface area contributed by atoms with Gasteiger partial charge < -0.3 is 24.1 Å². The van der Waals surface area contributed by atoms with E-state index in [1.807, 2.05) is 40.8 Å². The second-order valence-corrected chi connectivity index (χ2v) is 9.21. The van der Waals surface area contributed by atoms with Gasteiger partial charge in [0.2, 0.25) is 0 Å². The Kier molecular flexibility index (Phi) is 5.91. The average molecular weight is 527 g/mol. The van der Waals surface area contributed by atoms with Crippen molar-refractivity contribution in [2.45, 2.75) is 25.5 Å².